The van der Waals surface area contributed by atoms with Gasteiger partial charge in [-0.05, 0) is 25.0 Å². The van der Waals surface area contributed by atoms with Crippen molar-refractivity contribution in [2.45, 2.75) is 38.1 Å². The maximum atomic E-state index is 10.8. The molecule has 0 amide bonds. The minimum Gasteiger partial charge on any atom is -0.476 e. The summed E-state index contributed by atoms with van der Waals surface area (Å²) in [6.07, 6.45) is 5.80. The summed E-state index contributed by atoms with van der Waals surface area (Å²) >= 11 is 0. The number of aromatic carboxylic acids is 1. The smallest absolute Gasteiger partial charge is 0.356 e. The van der Waals surface area contributed by atoms with Crippen molar-refractivity contribution >= 4 is 11.8 Å². The number of carboxylic acid groups (broad SMARTS) is 1. The minimum absolute atomic E-state index is 0.0544. The maximum Gasteiger partial charge on any atom is 0.356 e. The fourth-order valence-electron chi connectivity index (χ4n) is 2.58. The minimum atomic E-state index is -1.08. The summed E-state index contributed by atoms with van der Waals surface area (Å²) in [4.78, 5) is 12.8. The van der Waals surface area contributed by atoms with Crippen molar-refractivity contribution in [3.63, 3.8) is 0 Å². The van der Waals surface area contributed by atoms with Crippen LogP contribution in [-0.4, -0.2) is 45.6 Å². The first-order valence-corrected chi connectivity index (χ1v) is 6.67. The van der Waals surface area contributed by atoms with E-state index in [1.165, 1.54) is 25.3 Å². The highest BCUT2D eigenvalue weighted by Crippen LogP contribution is 2.25. The van der Waals surface area contributed by atoms with Crippen LogP contribution < -0.4 is 4.90 Å². The van der Waals surface area contributed by atoms with Crippen LogP contribution in [0, 0.1) is 0 Å². The third-order valence-electron chi connectivity index (χ3n) is 3.52. The van der Waals surface area contributed by atoms with E-state index in [1.54, 1.807) is 6.07 Å². The van der Waals surface area contributed by atoms with E-state index in [1.807, 2.05) is 4.90 Å². The standard InChI is InChI=1S/C13H19N3O3/c17-9-8-16(10-4-2-1-3-5-10)12-7-6-11(13(18)19)14-15-12/h6-7,10,17H,1-5,8-9H2,(H,18,19). The van der Waals surface area contributed by atoms with Crippen LogP contribution in [0.5, 0.6) is 0 Å². The van der Waals surface area contributed by atoms with Gasteiger partial charge in [-0.25, -0.2) is 4.79 Å². The molecule has 0 aliphatic heterocycles. The Labute approximate surface area is 112 Å². The average molecular weight is 265 g/mol. The molecule has 2 N–H and O–H groups in total. The van der Waals surface area contributed by atoms with Crippen LogP contribution in [0.3, 0.4) is 0 Å². The first-order valence-electron chi connectivity index (χ1n) is 6.67. The van der Waals surface area contributed by atoms with E-state index >= 15 is 0 Å². The molecule has 6 heteroatoms. The molecule has 0 atom stereocenters. The van der Waals surface area contributed by atoms with Crippen LogP contribution in [0.1, 0.15) is 42.6 Å². The van der Waals surface area contributed by atoms with E-state index in [0.29, 0.717) is 18.4 Å². The fraction of sp³-hybridized carbons (Fsp3) is 0.615. The number of anilines is 1. The largest absolute Gasteiger partial charge is 0.476 e. The van der Waals surface area contributed by atoms with Crippen LogP contribution in [0.2, 0.25) is 0 Å². The van der Waals surface area contributed by atoms with Crippen molar-refractivity contribution in [2.24, 2.45) is 0 Å². The first kappa shape index (κ1) is 13.7. The Bertz CT molecular complexity index is 416. The summed E-state index contributed by atoms with van der Waals surface area (Å²) < 4.78 is 0. The molecule has 1 saturated carbocycles. The van der Waals surface area contributed by atoms with Crippen LogP contribution >= 0.6 is 0 Å². The van der Waals surface area contributed by atoms with Gasteiger partial charge in [0.25, 0.3) is 0 Å². The number of aliphatic hydroxyl groups is 1. The van der Waals surface area contributed by atoms with Gasteiger partial charge in [0.15, 0.2) is 11.5 Å². The molecule has 0 saturated heterocycles. The summed E-state index contributed by atoms with van der Waals surface area (Å²) in [5.74, 6) is -0.434. The van der Waals surface area contributed by atoms with Gasteiger partial charge >= 0.3 is 5.97 Å². The van der Waals surface area contributed by atoms with Gasteiger partial charge in [0, 0.05) is 12.6 Å². The van der Waals surface area contributed by atoms with Crippen molar-refractivity contribution in [3.05, 3.63) is 17.8 Å². The lowest BCUT2D eigenvalue weighted by Crippen LogP contribution is -2.39. The molecule has 0 radical (unpaired) electrons. The molecule has 1 heterocycles. The summed E-state index contributed by atoms with van der Waals surface area (Å²) in [6, 6.07) is 3.49. The zero-order valence-corrected chi connectivity index (χ0v) is 10.8. The lowest BCUT2D eigenvalue weighted by molar-refractivity contribution is 0.0689. The Balaban J connectivity index is 2.15. The normalized spacial score (nSPS) is 16.3. The van der Waals surface area contributed by atoms with Gasteiger partial charge < -0.3 is 15.1 Å². The third kappa shape index (κ3) is 3.41. The second-order valence-corrected chi connectivity index (χ2v) is 4.79. The van der Waals surface area contributed by atoms with Gasteiger partial charge in [-0.1, -0.05) is 19.3 Å². The van der Waals surface area contributed by atoms with E-state index in [0.717, 1.165) is 12.8 Å². The van der Waals surface area contributed by atoms with Gasteiger partial charge in [0.05, 0.1) is 6.61 Å². The molecule has 1 fully saturated rings. The lowest BCUT2D eigenvalue weighted by Gasteiger charge is -2.34. The molecule has 0 bridgehead atoms. The van der Waals surface area contributed by atoms with E-state index in [9.17, 15) is 9.90 Å². The van der Waals surface area contributed by atoms with Crippen LogP contribution in [-0.2, 0) is 0 Å². The highest BCUT2D eigenvalue weighted by molar-refractivity contribution is 5.85. The summed E-state index contributed by atoms with van der Waals surface area (Å²) in [5, 5.41) is 25.7. The molecule has 1 aromatic rings. The average Bonchev–Trinajstić information content (AvgIpc) is 2.46. The van der Waals surface area contributed by atoms with Crippen molar-refractivity contribution in [1.29, 1.82) is 0 Å². The Morgan fingerprint density at radius 2 is 2.00 bits per heavy atom. The molecule has 104 valence electrons. The molecule has 1 aromatic heterocycles. The topological polar surface area (TPSA) is 86.5 Å². The van der Waals surface area contributed by atoms with E-state index in [-0.39, 0.29) is 12.3 Å². The Morgan fingerprint density at radius 1 is 1.26 bits per heavy atom. The van der Waals surface area contributed by atoms with Crippen LogP contribution in [0.15, 0.2) is 12.1 Å². The molecule has 1 aliphatic rings. The number of nitrogens with zero attached hydrogens (tertiary/aromatic N) is 3. The van der Waals surface area contributed by atoms with Gasteiger partial charge in [0.2, 0.25) is 0 Å². The zero-order valence-electron chi connectivity index (χ0n) is 10.8. The van der Waals surface area contributed by atoms with Crippen molar-refractivity contribution in [1.82, 2.24) is 10.2 Å². The van der Waals surface area contributed by atoms with E-state index in [4.69, 9.17) is 5.11 Å². The molecule has 2 rings (SSSR count). The number of aliphatic hydroxyl groups excluding tert-OH is 1. The summed E-state index contributed by atoms with van der Waals surface area (Å²) in [5.41, 5.74) is -0.0589. The highest BCUT2D eigenvalue weighted by atomic mass is 16.4. The highest BCUT2D eigenvalue weighted by Gasteiger charge is 2.22. The van der Waals surface area contributed by atoms with Crippen LogP contribution in [0.25, 0.3) is 0 Å². The predicted molar refractivity (Wildman–Crippen MR) is 70.3 cm³/mol. The van der Waals surface area contributed by atoms with Crippen molar-refractivity contribution < 1.29 is 15.0 Å². The molecule has 0 aromatic carbocycles. The third-order valence-corrected chi connectivity index (χ3v) is 3.52. The Morgan fingerprint density at radius 3 is 2.53 bits per heavy atom. The van der Waals surface area contributed by atoms with Crippen molar-refractivity contribution in [2.75, 3.05) is 18.1 Å². The van der Waals surface area contributed by atoms with Crippen molar-refractivity contribution in [3.8, 4) is 0 Å². The predicted octanol–water partition coefficient (Wildman–Crippen LogP) is 1.31. The van der Waals surface area contributed by atoms with E-state index < -0.39 is 5.97 Å². The lowest BCUT2D eigenvalue weighted by atomic mass is 9.94. The fourth-order valence-corrected chi connectivity index (χ4v) is 2.58. The number of carboxylic acids is 1. The van der Waals surface area contributed by atoms with Gasteiger partial charge in [0.1, 0.15) is 0 Å². The van der Waals surface area contributed by atoms with Crippen LogP contribution in [0.4, 0.5) is 5.82 Å². The number of carbonyl (C=O) groups is 1. The molecule has 6 nitrogen and oxygen atoms in total. The van der Waals surface area contributed by atoms with E-state index in [2.05, 4.69) is 10.2 Å². The second kappa shape index (κ2) is 6.47. The molecular weight excluding hydrogens is 246 g/mol. The molecule has 0 unspecified atom stereocenters. The maximum absolute atomic E-state index is 10.8. The monoisotopic (exact) mass is 265 g/mol. The summed E-state index contributed by atoms with van der Waals surface area (Å²) in [7, 11) is 0. The second-order valence-electron chi connectivity index (χ2n) is 4.79. The number of hydrogen-bond acceptors (Lipinski definition) is 5. The first-order chi connectivity index (χ1) is 9.22. The molecule has 0 spiro atoms. The number of aromatic nitrogens is 2. The van der Waals surface area contributed by atoms with Gasteiger partial charge in [-0.3, -0.25) is 0 Å². The molecular formula is C13H19N3O3. The Kier molecular flexibility index (Phi) is 4.68. The molecule has 1 aliphatic carbocycles. The van der Waals surface area contributed by atoms with Gasteiger partial charge in [-0.2, -0.15) is 0 Å². The zero-order chi connectivity index (χ0) is 13.7. The quantitative estimate of drug-likeness (QED) is 0.834. The number of hydrogen-bond donors (Lipinski definition) is 2. The number of rotatable bonds is 5. The molecule has 19 heavy (non-hydrogen) atoms. The van der Waals surface area contributed by atoms with Gasteiger partial charge in [-0.15, -0.1) is 10.2 Å². The SMILES string of the molecule is O=C(O)c1ccc(N(CCO)C2CCCCC2)nn1. The Hall–Kier alpha value is -1.69. The summed E-state index contributed by atoms with van der Waals surface area (Å²) in [6.45, 7) is 0.560.